The summed E-state index contributed by atoms with van der Waals surface area (Å²) in [5.74, 6) is 1.64. The van der Waals surface area contributed by atoms with E-state index in [1.165, 1.54) is 12.8 Å². The number of nitrogens with zero attached hydrogens (tertiary/aromatic N) is 2. The molecule has 1 aliphatic rings. The third kappa shape index (κ3) is 2.34. The molecule has 3 rings (SSSR count). The van der Waals surface area contributed by atoms with Gasteiger partial charge in [-0.25, -0.2) is 9.37 Å². The van der Waals surface area contributed by atoms with Crippen LogP contribution in [0.5, 0.6) is 0 Å². The molecule has 0 radical (unpaired) electrons. The van der Waals surface area contributed by atoms with Crippen LogP contribution in [0.1, 0.15) is 32.5 Å². The fourth-order valence-corrected chi connectivity index (χ4v) is 3.50. The average Bonchev–Trinajstić information content (AvgIpc) is 3.12. The molecule has 0 aliphatic heterocycles. The predicted octanol–water partition coefficient (Wildman–Crippen LogP) is 4.96. The first-order chi connectivity index (χ1) is 9.47. The van der Waals surface area contributed by atoms with Crippen molar-refractivity contribution >= 4 is 45.2 Å². The first-order valence-corrected chi connectivity index (χ1v) is 8.48. The molecule has 0 atom stereocenters. The highest BCUT2D eigenvalue weighted by Crippen LogP contribution is 2.53. The molecule has 2 aromatic rings. The van der Waals surface area contributed by atoms with Gasteiger partial charge in [0.05, 0.1) is 20.5 Å². The normalized spacial score (nSPS) is 17.1. The summed E-state index contributed by atoms with van der Waals surface area (Å²) in [6, 6.07) is 3.39. The predicted molar refractivity (Wildman–Crippen MR) is 88.5 cm³/mol. The van der Waals surface area contributed by atoms with E-state index in [2.05, 4.69) is 23.4 Å². The van der Waals surface area contributed by atoms with Gasteiger partial charge in [-0.15, -0.1) is 11.6 Å². The van der Waals surface area contributed by atoms with Crippen LogP contribution in [0.3, 0.4) is 0 Å². The molecule has 0 N–H and O–H groups in total. The van der Waals surface area contributed by atoms with E-state index in [0.717, 1.165) is 23.4 Å². The summed E-state index contributed by atoms with van der Waals surface area (Å²) in [5, 5.41) is 0. The maximum atomic E-state index is 13.9. The molecule has 20 heavy (non-hydrogen) atoms. The Balaban J connectivity index is 2.11. The summed E-state index contributed by atoms with van der Waals surface area (Å²) in [5.41, 5.74) is 2.05. The first kappa shape index (κ1) is 14.6. The average molecular weight is 407 g/mol. The Morgan fingerprint density at radius 2 is 2.15 bits per heavy atom. The van der Waals surface area contributed by atoms with Crippen molar-refractivity contribution in [1.82, 2.24) is 9.55 Å². The molecule has 0 unspecified atom stereocenters. The van der Waals surface area contributed by atoms with Crippen LogP contribution >= 0.6 is 34.2 Å². The van der Waals surface area contributed by atoms with Gasteiger partial charge in [0.1, 0.15) is 11.6 Å². The Bertz CT molecular complexity index is 661. The molecule has 1 fully saturated rings. The van der Waals surface area contributed by atoms with Crippen molar-refractivity contribution in [3.8, 4) is 0 Å². The van der Waals surface area contributed by atoms with Crippen LogP contribution in [-0.2, 0) is 12.4 Å². The number of halogens is 3. The largest absolute Gasteiger partial charge is 0.326 e. The Morgan fingerprint density at radius 3 is 2.70 bits per heavy atom. The lowest BCUT2D eigenvalue weighted by Gasteiger charge is -2.21. The Kier molecular flexibility index (Phi) is 3.73. The number of alkyl halides is 1. The second-order valence-electron chi connectivity index (χ2n) is 6.02. The Morgan fingerprint density at radius 1 is 1.45 bits per heavy atom. The minimum Gasteiger partial charge on any atom is -0.326 e. The molecule has 1 aromatic heterocycles. The number of hydrogen-bond donors (Lipinski definition) is 0. The van der Waals surface area contributed by atoms with Gasteiger partial charge in [-0.1, -0.05) is 13.8 Å². The number of rotatable bonds is 4. The molecule has 1 aromatic carbocycles. The van der Waals surface area contributed by atoms with Gasteiger partial charge >= 0.3 is 0 Å². The molecule has 0 bridgehead atoms. The van der Waals surface area contributed by atoms with Crippen LogP contribution in [-0.4, -0.2) is 9.55 Å². The van der Waals surface area contributed by atoms with Crippen LogP contribution in [0.25, 0.3) is 11.0 Å². The number of benzene rings is 1. The van der Waals surface area contributed by atoms with Crippen LogP contribution in [0.4, 0.5) is 4.39 Å². The van der Waals surface area contributed by atoms with E-state index in [4.69, 9.17) is 11.6 Å². The van der Waals surface area contributed by atoms with E-state index < -0.39 is 0 Å². The minimum absolute atomic E-state index is 0.185. The Hall–Kier alpha value is -0.360. The van der Waals surface area contributed by atoms with Crippen LogP contribution in [0.15, 0.2) is 12.1 Å². The van der Waals surface area contributed by atoms with Crippen LogP contribution in [0, 0.1) is 20.7 Å². The number of hydrogen-bond acceptors (Lipinski definition) is 1. The zero-order chi connectivity index (χ0) is 14.5. The molecule has 1 heterocycles. The second kappa shape index (κ2) is 5.13. The highest BCUT2D eigenvalue weighted by atomic mass is 127. The lowest BCUT2D eigenvalue weighted by Crippen LogP contribution is -2.19. The highest BCUT2D eigenvalue weighted by Gasteiger charge is 2.46. The molecule has 1 aliphatic carbocycles. The van der Waals surface area contributed by atoms with Crippen molar-refractivity contribution in [3.63, 3.8) is 0 Å². The van der Waals surface area contributed by atoms with Gasteiger partial charge in [-0.3, -0.25) is 0 Å². The van der Waals surface area contributed by atoms with E-state index in [-0.39, 0.29) is 5.82 Å². The van der Waals surface area contributed by atoms with Crippen molar-refractivity contribution in [2.45, 2.75) is 39.1 Å². The summed E-state index contributed by atoms with van der Waals surface area (Å²) in [4.78, 5) is 4.56. The summed E-state index contributed by atoms with van der Waals surface area (Å²) in [6.45, 7) is 5.41. The van der Waals surface area contributed by atoms with Gasteiger partial charge in [0.2, 0.25) is 0 Å². The maximum absolute atomic E-state index is 13.9. The summed E-state index contributed by atoms with van der Waals surface area (Å²) < 4.78 is 16.6. The fourth-order valence-electron chi connectivity index (χ4n) is 2.84. The van der Waals surface area contributed by atoms with Crippen LogP contribution < -0.4 is 0 Å². The quantitative estimate of drug-likeness (QED) is 0.519. The molecule has 5 heteroatoms. The third-order valence-electron chi connectivity index (χ3n) is 4.58. The molecular weight excluding hydrogens is 390 g/mol. The standard InChI is InChI=1S/C15H17ClFIN2/c1-9(2)15(3-4-15)8-20-13-5-10(17)11(18)6-12(13)19-14(20)7-16/h5-6,9H,3-4,7-8H2,1-2H3. The van der Waals surface area contributed by atoms with Gasteiger partial charge in [0.25, 0.3) is 0 Å². The first-order valence-electron chi connectivity index (χ1n) is 6.87. The summed E-state index contributed by atoms with van der Waals surface area (Å²) >= 11 is 8.03. The maximum Gasteiger partial charge on any atom is 0.138 e. The summed E-state index contributed by atoms with van der Waals surface area (Å²) in [7, 11) is 0. The monoisotopic (exact) mass is 406 g/mol. The topological polar surface area (TPSA) is 17.8 Å². The van der Waals surface area contributed by atoms with Gasteiger partial charge < -0.3 is 4.57 Å². The van der Waals surface area contributed by atoms with Crippen molar-refractivity contribution < 1.29 is 4.39 Å². The van der Waals surface area contributed by atoms with E-state index in [0.29, 0.717) is 20.8 Å². The van der Waals surface area contributed by atoms with Crippen molar-refractivity contribution in [3.05, 3.63) is 27.3 Å². The zero-order valence-electron chi connectivity index (χ0n) is 11.6. The molecule has 108 valence electrons. The molecule has 2 nitrogen and oxygen atoms in total. The number of aromatic nitrogens is 2. The van der Waals surface area contributed by atoms with Crippen LogP contribution in [0.2, 0.25) is 0 Å². The smallest absolute Gasteiger partial charge is 0.138 e. The van der Waals surface area contributed by atoms with Crippen molar-refractivity contribution in [1.29, 1.82) is 0 Å². The zero-order valence-corrected chi connectivity index (χ0v) is 14.5. The van der Waals surface area contributed by atoms with E-state index in [1.807, 2.05) is 22.6 Å². The van der Waals surface area contributed by atoms with E-state index >= 15 is 0 Å². The van der Waals surface area contributed by atoms with Gasteiger partial charge in [-0.2, -0.15) is 0 Å². The molecule has 0 spiro atoms. The lowest BCUT2D eigenvalue weighted by atomic mass is 9.92. The third-order valence-corrected chi connectivity index (χ3v) is 5.64. The number of imidazole rings is 1. The van der Waals surface area contributed by atoms with Gasteiger partial charge in [0, 0.05) is 12.6 Å². The molecule has 0 amide bonds. The number of fused-ring (bicyclic) bond motifs is 1. The van der Waals surface area contributed by atoms with Gasteiger partial charge in [-0.05, 0) is 52.8 Å². The van der Waals surface area contributed by atoms with E-state index in [1.54, 1.807) is 12.1 Å². The second-order valence-corrected chi connectivity index (χ2v) is 7.45. The minimum atomic E-state index is -0.185. The fraction of sp³-hybridized carbons (Fsp3) is 0.533. The van der Waals surface area contributed by atoms with Crippen molar-refractivity contribution in [2.24, 2.45) is 11.3 Å². The highest BCUT2D eigenvalue weighted by molar-refractivity contribution is 14.1. The molecule has 0 saturated heterocycles. The Labute approximate surface area is 136 Å². The molecular formula is C15H17ClFIN2. The van der Waals surface area contributed by atoms with E-state index in [9.17, 15) is 4.39 Å². The van der Waals surface area contributed by atoms with Crippen molar-refractivity contribution in [2.75, 3.05) is 0 Å². The van der Waals surface area contributed by atoms with Gasteiger partial charge in [0.15, 0.2) is 0 Å². The lowest BCUT2D eigenvalue weighted by molar-refractivity contribution is 0.309. The SMILES string of the molecule is CC(C)C1(Cn2c(CCl)nc3cc(I)c(F)cc32)CC1. The molecule has 1 saturated carbocycles. The summed E-state index contributed by atoms with van der Waals surface area (Å²) in [6.07, 6.45) is 2.47.